The van der Waals surface area contributed by atoms with E-state index in [1.54, 1.807) is 7.11 Å². The summed E-state index contributed by atoms with van der Waals surface area (Å²) in [5.74, 6) is 1.78. The van der Waals surface area contributed by atoms with Crippen LogP contribution in [0.3, 0.4) is 0 Å². The van der Waals surface area contributed by atoms with E-state index < -0.39 is 0 Å². The van der Waals surface area contributed by atoms with Gasteiger partial charge in [-0.2, -0.15) is 0 Å². The van der Waals surface area contributed by atoms with Gasteiger partial charge in [-0.05, 0) is 42.9 Å². The van der Waals surface area contributed by atoms with Crippen LogP contribution in [0.15, 0.2) is 24.3 Å². The zero-order valence-corrected chi connectivity index (χ0v) is 14.4. The third-order valence-corrected chi connectivity index (χ3v) is 6.26. The predicted molar refractivity (Wildman–Crippen MR) is 93.0 cm³/mol. The van der Waals surface area contributed by atoms with Gasteiger partial charge < -0.3 is 10.5 Å². The average molecular weight is 308 g/mol. The first-order valence-electron chi connectivity index (χ1n) is 8.19. The van der Waals surface area contributed by atoms with Crippen molar-refractivity contribution in [3.8, 4) is 5.75 Å². The van der Waals surface area contributed by atoms with Gasteiger partial charge in [-0.25, -0.2) is 0 Å². The fourth-order valence-corrected chi connectivity index (χ4v) is 5.01. The molecular formula is C18H29NOS. The molecule has 1 saturated carbocycles. The lowest BCUT2D eigenvalue weighted by atomic mass is 9.90. The van der Waals surface area contributed by atoms with Crippen LogP contribution in [-0.4, -0.2) is 18.4 Å². The smallest absolute Gasteiger partial charge is 0.118 e. The van der Waals surface area contributed by atoms with Gasteiger partial charge in [0.1, 0.15) is 5.75 Å². The van der Waals surface area contributed by atoms with Gasteiger partial charge in [-0.3, -0.25) is 0 Å². The minimum atomic E-state index is 0.223. The summed E-state index contributed by atoms with van der Waals surface area (Å²) < 4.78 is 5.26. The molecule has 1 aliphatic carbocycles. The third kappa shape index (κ3) is 4.65. The highest BCUT2D eigenvalue weighted by Gasteiger charge is 2.26. The molecular weight excluding hydrogens is 278 g/mol. The van der Waals surface area contributed by atoms with Crippen LogP contribution in [0.1, 0.15) is 56.8 Å². The predicted octanol–water partition coefficient (Wildman–Crippen LogP) is 4.79. The highest BCUT2D eigenvalue weighted by Crippen LogP contribution is 2.42. The first kappa shape index (κ1) is 16.7. The molecule has 0 aromatic heterocycles. The zero-order chi connectivity index (χ0) is 15.2. The second-order valence-electron chi connectivity index (χ2n) is 6.30. The zero-order valence-electron chi connectivity index (χ0n) is 13.5. The summed E-state index contributed by atoms with van der Waals surface area (Å²) in [5.41, 5.74) is 7.76. The number of methoxy groups -OCH3 is 1. The van der Waals surface area contributed by atoms with Crippen molar-refractivity contribution in [2.75, 3.05) is 7.11 Å². The van der Waals surface area contributed by atoms with E-state index in [4.69, 9.17) is 10.5 Å². The lowest BCUT2D eigenvalue weighted by Crippen LogP contribution is -2.28. The number of rotatable bonds is 6. The monoisotopic (exact) mass is 307 g/mol. The van der Waals surface area contributed by atoms with Crippen LogP contribution < -0.4 is 10.5 Å². The second kappa shape index (κ2) is 8.09. The van der Waals surface area contributed by atoms with Gasteiger partial charge in [-0.1, -0.05) is 38.8 Å². The number of nitrogens with two attached hydrogens (primary N) is 1. The molecule has 0 saturated heterocycles. The Morgan fingerprint density at radius 1 is 1.29 bits per heavy atom. The number of ether oxygens (including phenoxy) is 1. The molecule has 4 atom stereocenters. The minimum Gasteiger partial charge on any atom is -0.497 e. The first-order valence-corrected chi connectivity index (χ1v) is 9.13. The summed E-state index contributed by atoms with van der Waals surface area (Å²) in [5, 5.41) is 1.16. The van der Waals surface area contributed by atoms with Crippen LogP contribution in [-0.2, 0) is 0 Å². The Hall–Kier alpha value is -0.670. The fourth-order valence-electron chi connectivity index (χ4n) is 3.14. The fraction of sp³-hybridized carbons (Fsp3) is 0.667. The third-order valence-electron chi connectivity index (χ3n) is 4.53. The van der Waals surface area contributed by atoms with Crippen LogP contribution in [0.25, 0.3) is 0 Å². The van der Waals surface area contributed by atoms with Gasteiger partial charge >= 0.3 is 0 Å². The lowest BCUT2D eigenvalue weighted by molar-refractivity contribution is 0.393. The maximum Gasteiger partial charge on any atom is 0.118 e. The van der Waals surface area contributed by atoms with Gasteiger partial charge in [0.25, 0.3) is 0 Å². The van der Waals surface area contributed by atoms with Crippen molar-refractivity contribution in [2.24, 2.45) is 11.7 Å². The van der Waals surface area contributed by atoms with E-state index in [0.717, 1.165) is 23.3 Å². The molecule has 0 bridgehead atoms. The molecule has 2 nitrogen and oxygen atoms in total. The maximum atomic E-state index is 6.42. The van der Waals surface area contributed by atoms with Crippen LogP contribution >= 0.6 is 11.8 Å². The highest BCUT2D eigenvalue weighted by atomic mass is 32.2. The Morgan fingerprint density at radius 3 is 2.57 bits per heavy atom. The topological polar surface area (TPSA) is 35.2 Å². The Balaban J connectivity index is 2.09. The molecule has 0 aliphatic heterocycles. The molecule has 4 unspecified atom stereocenters. The SMILES string of the molecule is CCC(N)C(SC1CCCC(C)C1)c1ccc(OC)cc1. The molecule has 1 aromatic carbocycles. The first-order chi connectivity index (χ1) is 10.1. The van der Waals surface area contributed by atoms with Crippen molar-refractivity contribution in [1.82, 2.24) is 0 Å². The van der Waals surface area contributed by atoms with Gasteiger partial charge in [0.15, 0.2) is 0 Å². The van der Waals surface area contributed by atoms with Gasteiger partial charge in [0.2, 0.25) is 0 Å². The van der Waals surface area contributed by atoms with E-state index in [1.165, 1.54) is 31.2 Å². The normalized spacial score (nSPS) is 25.3. The van der Waals surface area contributed by atoms with E-state index in [0.29, 0.717) is 5.25 Å². The number of hydrogen-bond acceptors (Lipinski definition) is 3. The summed E-state index contributed by atoms with van der Waals surface area (Å²) in [7, 11) is 1.71. The van der Waals surface area contributed by atoms with Crippen LogP contribution in [0.2, 0.25) is 0 Å². The molecule has 0 spiro atoms. The Bertz CT molecular complexity index is 420. The molecule has 1 aliphatic rings. The van der Waals surface area contributed by atoms with Crippen molar-refractivity contribution in [3.63, 3.8) is 0 Å². The molecule has 0 amide bonds. The van der Waals surface area contributed by atoms with Crippen molar-refractivity contribution >= 4 is 11.8 Å². The van der Waals surface area contributed by atoms with E-state index in [2.05, 4.69) is 49.9 Å². The summed E-state index contributed by atoms with van der Waals surface area (Å²) in [6.45, 7) is 4.57. The quantitative estimate of drug-likeness (QED) is 0.821. The molecule has 0 heterocycles. The molecule has 2 rings (SSSR count). The summed E-state index contributed by atoms with van der Waals surface area (Å²) in [4.78, 5) is 0. The van der Waals surface area contributed by atoms with Crippen LogP contribution in [0.5, 0.6) is 5.75 Å². The van der Waals surface area contributed by atoms with E-state index in [-0.39, 0.29) is 6.04 Å². The van der Waals surface area contributed by atoms with Crippen LogP contribution in [0, 0.1) is 5.92 Å². The van der Waals surface area contributed by atoms with Crippen molar-refractivity contribution in [3.05, 3.63) is 29.8 Å². The van der Waals surface area contributed by atoms with E-state index in [9.17, 15) is 0 Å². The van der Waals surface area contributed by atoms with E-state index >= 15 is 0 Å². The molecule has 118 valence electrons. The molecule has 2 N–H and O–H groups in total. The second-order valence-corrected chi connectivity index (χ2v) is 7.74. The highest BCUT2D eigenvalue weighted by molar-refractivity contribution is 8.00. The maximum absolute atomic E-state index is 6.42. The van der Waals surface area contributed by atoms with Crippen molar-refractivity contribution in [1.29, 1.82) is 0 Å². The molecule has 21 heavy (non-hydrogen) atoms. The van der Waals surface area contributed by atoms with Gasteiger partial charge in [0, 0.05) is 16.5 Å². The lowest BCUT2D eigenvalue weighted by Gasteiger charge is -2.32. The Kier molecular flexibility index (Phi) is 6.43. The number of thioether (sulfide) groups is 1. The number of hydrogen-bond donors (Lipinski definition) is 1. The molecule has 0 radical (unpaired) electrons. The molecule has 1 aromatic rings. The molecule has 3 heteroatoms. The van der Waals surface area contributed by atoms with Crippen molar-refractivity contribution < 1.29 is 4.74 Å². The largest absolute Gasteiger partial charge is 0.497 e. The van der Waals surface area contributed by atoms with Crippen LogP contribution in [0.4, 0.5) is 0 Å². The van der Waals surface area contributed by atoms with Crippen molar-refractivity contribution in [2.45, 2.75) is 62.5 Å². The minimum absolute atomic E-state index is 0.223. The summed E-state index contributed by atoms with van der Waals surface area (Å²) in [6.07, 6.45) is 6.47. The number of benzene rings is 1. The Morgan fingerprint density at radius 2 is 2.00 bits per heavy atom. The van der Waals surface area contributed by atoms with Gasteiger partial charge in [0.05, 0.1) is 7.11 Å². The summed E-state index contributed by atoms with van der Waals surface area (Å²) >= 11 is 2.10. The standard InChI is InChI=1S/C18H29NOS/c1-4-17(19)18(14-8-10-15(20-3)11-9-14)21-16-7-5-6-13(2)12-16/h8-11,13,16-18H,4-7,12,19H2,1-3H3. The average Bonchev–Trinajstić information content (AvgIpc) is 2.52. The Labute approximate surface area is 133 Å². The van der Waals surface area contributed by atoms with E-state index in [1.807, 2.05) is 0 Å². The van der Waals surface area contributed by atoms with Gasteiger partial charge in [-0.15, -0.1) is 11.8 Å². The molecule has 1 fully saturated rings. The summed E-state index contributed by atoms with van der Waals surface area (Å²) in [6, 6.07) is 8.68.